The van der Waals surface area contributed by atoms with E-state index in [9.17, 15) is 4.79 Å². The van der Waals surface area contributed by atoms with Crippen LogP contribution < -0.4 is 4.90 Å². The van der Waals surface area contributed by atoms with Gasteiger partial charge in [0.05, 0.1) is 0 Å². The molecule has 0 saturated carbocycles. The average Bonchev–Trinajstić information content (AvgIpc) is 2.17. The molecule has 0 heterocycles. The fraction of sp³-hybridized carbons (Fsp3) is 0.100. The van der Waals surface area contributed by atoms with Gasteiger partial charge in [0, 0.05) is 12.7 Å². The summed E-state index contributed by atoms with van der Waals surface area (Å²) in [7, 11) is 1.72. The van der Waals surface area contributed by atoms with Gasteiger partial charge in [0.25, 0.3) is 0 Å². The Bertz CT molecular complexity index is 284. The Hall–Kier alpha value is -0.570. The molecule has 1 aromatic carbocycles. The number of carbonyl (C=O) groups excluding carboxylic acids is 1. The van der Waals surface area contributed by atoms with Crippen LogP contribution >= 0.6 is 0 Å². The van der Waals surface area contributed by atoms with Gasteiger partial charge in [0.1, 0.15) is 0 Å². The summed E-state index contributed by atoms with van der Waals surface area (Å²) in [5.41, 5.74) is 0.877. The maximum absolute atomic E-state index is 11.1. The molecule has 0 aliphatic rings. The molecule has 0 saturated heterocycles. The molecule has 0 spiro atoms. The Morgan fingerprint density at radius 2 is 1.92 bits per heavy atom. The number of anilines is 1. The maximum atomic E-state index is 11.1. The van der Waals surface area contributed by atoms with Crippen molar-refractivity contribution in [3.63, 3.8) is 0 Å². The van der Waals surface area contributed by atoms with E-state index in [1.807, 2.05) is 30.3 Å². The Morgan fingerprint density at radius 1 is 1.38 bits per heavy atom. The molecule has 0 aliphatic carbocycles. The van der Waals surface area contributed by atoms with Crippen molar-refractivity contribution in [3.8, 4) is 0 Å². The van der Waals surface area contributed by atoms with Gasteiger partial charge in [-0.05, 0) is 18.2 Å². The topological polar surface area (TPSA) is 20.3 Å². The zero-order chi connectivity index (χ0) is 8.97. The number of benzene rings is 1. The quantitative estimate of drug-likeness (QED) is 0.500. The van der Waals surface area contributed by atoms with Crippen molar-refractivity contribution in [2.45, 2.75) is 0 Å². The molecule has 0 radical (unpaired) electrons. The predicted octanol–water partition coefficient (Wildman–Crippen LogP) is 1.19. The van der Waals surface area contributed by atoms with Crippen molar-refractivity contribution in [1.82, 2.24) is 0 Å². The molecule has 0 atom stereocenters. The van der Waals surface area contributed by atoms with E-state index in [2.05, 4.69) is 6.58 Å². The van der Waals surface area contributed by atoms with Crippen LogP contribution in [0.3, 0.4) is 0 Å². The van der Waals surface area contributed by atoms with Crippen LogP contribution in [0, 0.1) is 0 Å². The number of para-hydroxylation sites is 1. The first-order chi connectivity index (χ1) is 5.75. The SMILES string of the molecule is C=CC(=O)N(C)c1ccccc1.[NaH]. The first-order valence-electron chi connectivity index (χ1n) is 3.71. The summed E-state index contributed by atoms with van der Waals surface area (Å²) in [5, 5.41) is 0. The van der Waals surface area contributed by atoms with Crippen LogP contribution in [-0.4, -0.2) is 42.5 Å². The minimum absolute atomic E-state index is 0. The van der Waals surface area contributed by atoms with Crippen molar-refractivity contribution >= 4 is 41.2 Å². The fourth-order valence-electron chi connectivity index (χ4n) is 0.916. The molecule has 2 nitrogen and oxygen atoms in total. The predicted molar refractivity (Wildman–Crippen MR) is 57.2 cm³/mol. The van der Waals surface area contributed by atoms with Gasteiger partial charge >= 0.3 is 29.6 Å². The Morgan fingerprint density at radius 3 is 2.38 bits per heavy atom. The summed E-state index contributed by atoms with van der Waals surface area (Å²) in [4.78, 5) is 12.7. The first kappa shape index (κ1) is 12.4. The van der Waals surface area contributed by atoms with Crippen LogP contribution in [0.4, 0.5) is 5.69 Å². The van der Waals surface area contributed by atoms with E-state index in [1.54, 1.807) is 11.9 Å². The first-order valence-corrected chi connectivity index (χ1v) is 3.71. The van der Waals surface area contributed by atoms with E-state index >= 15 is 0 Å². The van der Waals surface area contributed by atoms with Crippen LogP contribution in [0.5, 0.6) is 0 Å². The van der Waals surface area contributed by atoms with E-state index in [-0.39, 0.29) is 35.5 Å². The van der Waals surface area contributed by atoms with E-state index in [0.29, 0.717) is 0 Å². The molecule has 0 aliphatic heterocycles. The third-order valence-corrected chi connectivity index (χ3v) is 1.65. The summed E-state index contributed by atoms with van der Waals surface area (Å²) >= 11 is 0. The average molecular weight is 185 g/mol. The van der Waals surface area contributed by atoms with E-state index in [4.69, 9.17) is 0 Å². The molecule has 1 amide bonds. The second-order valence-corrected chi connectivity index (χ2v) is 2.44. The normalized spacial score (nSPS) is 8.38. The number of nitrogens with zero attached hydrogens (tertiary/aromatic N) is 1. The van der Waals surface area contributed by atoms with Gasteiger partial charge in [-0.3, -0.25) is 4.79 Å². The molecule has 0 aromatic heterocycles. The van der Waals surface area contributed by atoms with Crippen molar-refractivity contribution in [2.75, 3.05) is 11.9 Å². The molecule has 64 valence electrons. The fourth-order valence-corrected chi connectivity index (χ4v) is 0.916. The molecular formula is C10H12NNaO. The van der Waals surface area contributed by atoms with E-state index in [1.165, 1.54) is 6.08 Å². The van der Waals surface area contributed by atoms with Gasteiger partial charge in [-0.15, -0.1) is 0 Å². The summed E-state index contributed by atoms with van der Waals surface area (Å²) in [5.74, 6) is -0.0961. The monoisotopic (exact) mass is 185 g/mol. The molecule has 0 fully saturated rings. The van der Waals surface area contributed by atoms with Gasteiger partial charge in [-0.2, -0.15) is 0 Å². The van der Waals surface area contributed by atoms with Crippen LogP contribution in [-0.2, 0) is 4.79 Å². The van der Waals surface area contributed by atoms with Crippen LogP contribution in [0.2, 0.25) is 0 Å². The number of carbonyl (C=O) groups is 1. The zero-order valence-corrected chi connectivity index (χ0v) is 7.03. The Labute approximate surface area is 101 Å². The standard InChI is InChI=1S/C10H11NO.Na.H/c1-3-10(12)11(2)9-7-5-4-6-8-9;;/h3-8H,1H2,2H3;;. The van der Waals surface area contributed by atoms with Crippen molar-refractivity contribution < 1.29 is 4.79 Å². The Balaban J connectivity index is 0.00000144. The van der Waals surface area contributed by atoms with Crippen LogP contribution in [0.25, 0.3) is 0 Å². The molecule has 13 heavy (non-hydrogen) atoms. The van der Waals surface area contributed by atoms with Gasteiger partial charge in [0.15, 0.2) is 0 Å². The molecule has 0 bridgehead atoms. The summed E-state index contributed by atoms with van der Waals surface area (Å²) in [6, 6.07) is 9.45. The van der Waals surface area contributed by atoms with Gasteiger partial charge < -0.3 is 4.90 Å². The zero-order valence-electron chi connectivity index (χ0n) is 7.03. The molecule has 1 aromatic rings. The minimum atomic E-state index is -0.0961. The third-order valence-electron chi connectivity index (χ3n) is 1.65. The molecule has 0 N–H and O–H groups in total. The number of hydrogen-bond acceptors (Lipinski definition) is 1. The second-order valence-electron chi connectivity index (χ2n) is 2.44. The molecule has 1 rings (SSSR count). The summed E-state index contributed by atoms with van der Waals surface area (Å²) < 4.78 is 0. The summed E-state index contributed by atoms with van der Waals surface area (Å²) in [6.45, 7) is 3.42. The Kier molecular flexibility index (Phi) is 5.71. The summed E-state index contributed by atoms with van der Waals surface area (Å²) in [6.07, 6.45) is 1.30. The van der Waals surface area contributed by atoms with Crippen molar-refractivity contribution in [2.24, 2.45) is 0 Å². The van der Waals surface area contributed by atoms with Crippen LogP contribution in [0.15, 0.2) is 43.0 Å². The van der Waals surface area contributed by atoms with Gasteiger partial charge in [0.2, 0.25) is 5.91 Å². The van der Waals surface area contributed by atoms with Gasteiger partial charge in [-0.1, -0.05) is 24.8 Å². The number of likely N-dealkylation sites (N-methyl/N-ethyl adjacent to an activating group) is 1. The van der Waals surface area contributed by atoms with Crippen LogP contribution in [0.1, 0.15) is 0 Å². The van der Waals surface area contributed by atoms with Crippen molar-refractivity contribution in [3.05, 3.63) is 43.0 Å². The number of hydrogen-bond donors (Lipinski definition) is 0. The van der Waals surface area contributed by atoms with Crippen molar-refractivity contribution in [1.29, 1.82) is 0 Å². The molecular weight excluding hydrogens is 173 g/mol. The van der Waals surface area contributed by atoms with Gasteiger partial charge in [-0.25, -0.2) is 0 Å². The van der Waals surface area contributed by atoms with E-state index < -0.39 is 0 Å². The number of rotatable bonds is 2. The molecule has 3 heteroatoms. The third kappa shape index (κ3) is 3.35. The second kappa shape index (κ2) is 5.97. The number of amides is 1. The molecule has 0 unspecified atom stereocenters. The van der Waals surface area contributed by atoms with E-state index in [0.717, 1.165) is 5.69 Å².